The van der Waals surface area contributed by atoms with E-state index in [1.165, 1.54) is 9.70 Å². The molecule has 2 amide bonds. The number of carbonyl (C=O) groups is 2. The number of anilines is 1. The highest BCUT2D eigenvalue weighted by molar-refractivity contribution is 5.94. The van der Waals surface area contributed by atoms with Crippen molar-refractivity contribution in [1.82, 2.24) is 24.8 Å². The molecular formula is C27H34F2N6O2. The zero-order valence-corrected chi connectivity index (χ0v) is 21.7. The fraction of sp³-hybridized carbons (Fsp3) is 0.481. The van der Waals surface area contributed by atoms with Crippen molar-refractivity contribution < 1.29 is 18.4 Å². The maximum atomic E-state index is 14.4. The van der Waals surface area contributed by atoms with E-state index in [9.17, 15) is 18.4 Å². The molecular weight excluding hydrogens is 478 g/mol. The van der Waals surface area contributed by atoms with Crippen molar-refractivity contribution in [2.45, 2.75) is 59.2 Å². The van der Waals surface area contributed by atoms with Gasteiger partial charge in [0, 0.05) is 51.3 Å². The number of halogens is 2. The lowest BCUT2D eigenvalue weighted by Gasteiger charge is -2.33. The van der Waals surface area contributed by atoms with Gasteiger partial charge in [0.15, 0.2) is 11.6 Å². The molecule has 3 aromatic rings. The third-order valence-electron chi connectivity index (χ3n) is 6.77. The Bertz CT molecular complexity index is 1230. The van der Waals surface area contributed by atoms with Gasteiger partial charge in [-0.05, 0) is 50.5 Å². The van der Waals surface area contributed by atoms with E-state index in [-0.39, 0.29) is 31.3 Å². The summed E-state index contributed by atoms with van der Waals surface area (Å²) in [5.41, 5.74) is 2.08. The smallest absolute Gasteiger partial charge is 0.246 e. The number of aromatic nitrogens is 3. The maximum absolute atomic E-state index is 14.4. The Balaban J connectivity index is 1.68. The van der Waals surface area contributed by atoms with Gasteiger partial charge < -0.3 is 14.7 Å². The predicted octanol–water partition coefficient (Wildman–Crippen LogP) is 3.99. The molecule has 0 spiro atoms. The van der Waals surface area contributed by atoms with Crippen LogP contribution < -0.4 is 4.90 Å². The van der Waals surface area contributed by atoms with Crippen molar-refractivity contribution in [3.63, 3.8) is 0 Å². The Morgan fingerprint density at radius 1 is 0.919 bits per heavy atom. The van der Waals surface area contributed by atoms with Crippen LogP contribution in [0.3, 0.4) is 0 Å². The average Bonchev–Trinajstić information content (AvgIpc) is 3.27. The third kappa shape index (κ3) is 6.30. The largest absolute Gasteiger partial charge is 0.337 e. The quantitative estimate of drug-likeness (QED) is 0.529. The van der Waals surface area contributed by atoms with Crippen molar-refractivity contribution in [3.8, 4) is 0 Å². The fourth-order valence-electron chi connectivity index (χ4n) is 4.74. The van der Waals surface area contributed by atoms with Crippen LogP contribution in [0.5, 0.6) is 0 Å². The van der Waals surface area contributed by atoms with Crippen molar-refractivity contribution in [1.29, 1.82) is 0 Å². The van der Waals surface area contributed by atoms with Gasteiger partial charge in [0.2, 0.25) is 11.8 Å². The second-order valence-electron chi connectivity index (χ2n) is 9.67. The molecule has 1 aromatic heterocycles. The lowest BCUT2D eigenvalue weighted by molar-refractivity contribution is -0.133. The van der Waals surface area contributed by atoms with Crippen LogP contribution >= 0.6 is 0 Å². The second kappa shape index (κ2) is 11.8. The van der Waals surface area contributed by atoms with Crippen molar-refractivity contribution in [2.75, 3.05) is 31.1 Å². The van der Waals surface area contributed by atoms with Crippen LogP contribution in [0.15, 0.2) is 36.4 Å². The topological polar surface area (TPSA) is 74.6 Å². The minimum Gasteiger partial charge on any atom is -0.337 e. The first-order chi connectivity index (χ1) is 17.8. The van der Waals surface area contributed by atoms with Crippen LogP contribution in [0.2, 0.25) is 0 Å². The lowest BCUT2D eigenvalue weighted by atomic mass is 10.1. The molecule has 0 unspecified atom stereocenters. The number of amides is 2. The number of fused-ring (bicyclic) bond motifs is 2. The highest BCUT2D eigenvalue weighted by atomic mass is 19.2. The molecule has 4 rings (SSSR count). The summed E-state index contributed by atoms with van der Waals surface area (Å²) < 4.78 is 28.8. The Morgan fingerprint density at radius 2 is 1.54 bits per heavy atom. The van der Waals surface area contributed by atoms with E-state index in [0.717, 1.165) is 31.6 Å². The van der Waals surface area contributed by atoms with Gasteiger partial charge in [-0.2, -0.15) is 15.0 Å². The minimum atomic E-state index is -1.02. The zero-order valence-electron chi connectivity index (χ0n) is 21.7. The molecule has 198 valence electrons. The van der Waals surface area contributed by atoms with E-state index in [1.807, 2.05) is 24.3 Å². The molecule has 0 saturated carbocycles. The zero-order chi connectivity index (χ0) is 26.5. The number of hydrogen-bond donors (Lipinski definition) is 0. The van der Waals surface area contributed by atoms with Crippen LogP contribution in [0.4, 0.5) is 14.5 Å². The summed E-state index contributed by atoms with van der Waals surface area (Å²) in [5, 5.41) is 8.78. The fourth-order valence-corrected chi connectivity index (χ4v) is 4.74. The first kappa shape index (κ1) is 26.7. The summed E-state index contributed by atoms with van der Waals surface area (Å²) in [7, 11) is 0. The molecule has 2 heterocycles. The molecule has 0 saturated heterocycles. The second-order valence-corrected chi connectivity index (χ2v) is 9.67. The van der Waals surface area contributed by atoms with E-state index >= 15 is 0 Å². The van der Waals surface area contributed by atoms with Crippen LogP contribution in [-0.4, -0.2) is 68.8 Å². The number of carbonyl (C=O) groups excluding carboxylic acids is 2. The maximum Gasteiger partial charge on any atom is 0.246 e. The molecule has 10 heteroatoms. The SMILES string of the molecule is CCC(=O)N1CCCN(C(C)C)CCCN(C(=O)Cn2nc3ccccc3n2)Cc2cc(F)c(F)cc21. The Labute approximate surface area is 215 Å². The lowest BCUT2D eigenvalue weighted by Crippen LogP contribution is -2.41. The molecule has 1 aliphatic heterocycles. The van der Waals surface area contributed by atoms with Crippen molar-refractivity contribution >= 4 is 28.5 Å². The molecule has 1 aliphatic rings. The molecule has 8 nitrogen and oxygen atoms in total. The highest BCUT2D eigenvalue weighted by Gasteiger charge is 2.25. The van der Waals surface area contributed by atoms with Crippen LogP contribution in [0.1, 0.15) is 45.6 Å². The van der Waals surface area contributed by atoms with E-state index in [1.54, 1.807) is 11.8 Å². The molecule has 2 aromatic carbocycles. The van der Waals surface area contributed by atoms with Crippen molar-refractivity contribution in [2.24, 2.45) is 0 Å². The molecule has 0 N–H and O–H groups in total. The van der Waals surface area contributed by atoms with Gasteiger partial charge in [-0.25, -0.2) is 8.78 Å². The number of rotatable bonds is 4. The van der Waals surface area contributed by atoms with Gasteiger partial charge in [0.05, 0.1) is 5.69 Å². The summed E-state index contributed by atoms with van der Waals surface area (Å²) >= 11 is 0. The molecule has 0 fully saturated rings. The standard InChI is InChI=1S/C27H34F2N6O2/c1-4-26(36)34-14-8-12-32(19(2)3)11-7-13-33(17-20-15-21(28)22(29)16-25(20)34)27(37)18-35-30-23-9-5-6-10-24(23)31-35/h5-6,9-10,15-16,19H,4,7-8,11-14,17-18H2,1-3H3. The highest BCUT2D eigenvalue weighted by Crippen LogP contribution is 2.27. The minimum absolute atomic E-state index is 0.0430. The van der Waals surface area contributed by atoms with Gasteiger partial charge in [0.1, 0.15) is 17.6 Å². The van der Waals surface area contributed by atoms with Gasteiger partial charge in [-0.15, -0.1) is 0 Å². The number of nitrogens with zero attached hydrogens (tertiary/aromatic N) is 6. The van der Waals surface area contributed by atoms with E-state index in [2.05, 4.69) is 28.9 Å². The Morgan fingerprint density at radius 3 is 2.16 bits per heavy atom. The molecule has 0 radical (unpaired) electrons. The van der Waals surface area contributed by atoms with Gasteiger partial charge in [-0.1, -0.05) is 19.1 Å². The van der Waals surface area contributed by atoms with E-state index < -0.39 is 11.6 Å². The van der Waals surface area contributed by atoms with Gasteiger partial charge >= 0.3 is 0 Å². The average molecular weight is 513 g/mol. The summed E-state index contributed by atoms with van der Waals surface area (Å²) in [5.74, 6) is -2.44. The molecule has 37 heavy (non-hydrogen) atoms. The first-order valence-electron chi connectivity index (χ1n) is 12.9. The number of hydrogen-bond acceptors (Lipinski definition) is 5. The Kier molecular flexibility index (Phi) is 8.48. The number of benzene rings is 2. The molecule has 0 aliphatic carbocycles. The van der Waals surface area contributed by atoms with Crippen LogP contribution in [0, 0.1) is 11.6 Å². The van der Waals surface area contributed by atoms with Crippen LogP contribution in [0.25, 0.3) is 11.0 Å². The monoisotopic (exact) mass is 512 g/mol. The van der Waals surface area contributed by atoms with E-state index in [4.69, 9.17) is 0 Å². The van der Waals surface area contributed by atoms with Crippen molar-refractivity contribution in [3.05, 3.63) is 53.6 Å². The summed E-state index contributed by atoms with van der Waals surface area (Å²) in [6.45, 7) is 8.26. The molecule has 0 atom stereocenters. The predicted molar refractivity (Wildman–Crippen MR) is 138 cm³/mol. The van der Waals surface area contributed by atoms with E-state index in [0.29, 0.717) is 47.8 Å². The Hall–Kier alpha value is -3.40. The summed E-state index contributed by atoms with van der Waals surface area (Å²) in [6.07, 6.45) is 1.64. The summed E-state index contributed by atoms with van der Waals surface area (Å²) in [4.78, 5) is 33.2. The van der Waals surface area contributed by atoms with Gasteiger partial charge in [0.25, 0.3) is 0 Å². The first-order valence-corrected chi connectivity index (χ1v) is 12.9. The van der Waals surface area contributed by atoms with Crippen LogP contribution in [-0.2, 0) is 22.7 Å². The third-order valence-corrected chi connectivity index (χ3v) is 6.77. The summed E-state index contributed by atoms with van der Waals surface area (Å²) in [6, 6.07) is 9.84. The molecule has 0 bridgehead atoms. The van der Waals surface area contributed by atoms with Gasteiger partial charge in [-0.3, -0.25) is 9.59 Å². The normalized spacial score (nSPS) is 15.9.